The lowest BCUT2D eigenvalue weighted by Crippen LogP contribution is -2.24. The van der Waals surface area contributed by atoms with Gasteiger partial charge in [0.05, 0.1) is 11.6 Å². The highest BCUT2D eigenvalue weighted by Gasteiger charge is 2.20. The molecule has 0 amide bonds. The molecular weight excluding hydrogens is 260 g/mol. The summed E-state index contributed by atoms with van der Waals surface area (Å²) < 4.78 is 5.05. The lowest BCUT2D eigenvalue weighted by molar-refractivity contribution is -0.141. The Kier molecular flexibility index (Phi) is 4.16. The van der Waals surface area contributed by atoms with Crippen molar-refractivity contribution in [2.24, 2.45) is 11.8 Å². The molecule has 0 aliphatic carbocycles. The molecule has 0 aliphatic rings. The summed E-state index contributed by atoms with van der Waals surface area (Å²) in [6.45, 7) is 6.11. The van der Waals surface area contributed by atoms with Crippen LogP contribution in [0.1, 0.15) is 26.0 Å². The van der Waals surface area contributed by atoms with Gasteiger partial charge in [0.15, 0.2) is 0 Å². The molecule has 2 N–H and O–H groups in total. The highest BCUT2D eigenvalue weighted by atomic mass is 16.5. The Morgan fingerprint density at radius 3 is 2.85 bits per heavy atom. The second-order valence-corrected chi connectivity index (χ2v) is 5.22. The molecule has 20 heavy (non-hydrogen) atoms. The third kappa shape index (κ3) is 3.04. The van der Waals surface area contributed by atoms with Crippen LogP contribution in [0.5, 0.6) is 0 Å². The Hall–Kier alpha value is -2.18. The number of anilines is 1. The number of nitrogens with zero attached hydrogens (tertiary/aromatic N) is 3. The summed E-state index contributed by atoms with van der Waals surface area (Å²) in [6, 6.07) is 0. The van der Waals surface area contributed by atoms with E-state index in [1.54, 1.807) is 6.92 Å². The molecule has 108 valence electrons. The van der Waals surface area contributed by atoms with Crippen molar-refractivity contribution >= 4 is 22.9 Å². The fourth-order valence-electron chi connectivity index (χ4n) is 2.12. The smallest absolute Gasteiger partial charge is 0.308 e. The van der Waals surface area contributed by atoms with Gasteiger partial charge in [-0.15, -0.1) is 0 Å². The summed E-state index contributed by atoms with van der Waals surface area (Å²) >= 11 is 0. The van der Waals surface area contributed by atoms with E-state index in [2.05, 4.69) is 20.4 Å². The number of hydrogen-bond acceptors (Lipinski definition) is 6. The zero-order valence-electron chi connectivity index (χ0n) is 11.8. The minimum atomic E-state index is -0.807. The van der Waals surface area contributed by atoms with Gasteiger partial charge in [-0.3, -0.25) is 4.79 Å². The largest absolute Gasteiger partial charge is 0.481 e. The summed E-state index contributed by atoms with van der Waals surface area (Å²) in [6.07, 6.45) is 1.98. The minimum Gasteiger partial charge on any atom is -0.481 e. The van der Waals surface area contributed by atoms with Crippen LogP contribution < -0.4 is 5.32 Å². The first-order valence-electron chi connectivity index (χ1n) is 6.52. The predicted octanol–water partition coefficient (Wildman–Crippen LogP) is 2.09. The van der Waals surface area contributed by atoms with Crippen LogP contribution in [-0.2, 0) is 4.79 Å². The SMILES string of the molecule is Cc1noc2ncnc(NCC(CC(C)C)C(=O)O)c12. The number of hydrogen-bond donors (Lipinski definition) is 2. The number of carboxylic acids is 1. The van der Waals surface area contributed by atoms with E-state index in [9.17, 15) is 9.90 Å². The Bertz CT molecular complexity index is 609. The lowest BCUT2D eigenvalue weighted by atomic mass is 9.97. The van der Waals surface area contributed by atoms with E-state index in [-0.39, 0.29) is 0 Å². The molecule has 0 saturated carbocycles. The average Bonchev–Trinajstić information content (AvgIpc) is 2.76. The van der Waals surface area contributed by atoms with Crippen molar-refractivity contribution in [3.05, 3.63) is 12.0 Å². The van der Waals surface area contributed by atoms with Crippen molar-refractivity contribution < 1.29 is 14.4 Å². The average molecular weight is 278 g/mol. The maximum absolute atomic E-state index is 11.2. The molecule has 1 atom stereocenters. The van der Waals surface area contributed by atoms with Gasteiger partial charge >= 0.3 is 5.97 Å². The first kappa shape index (κ1) is 14.2. The van der Waals surface area contributed by atoms with Crippen molar-refractivity contribution in [3.8, 4) is 0 Å². The molecule has 2 rings (SSSR count). The topological polar surface area (TPSA) is 101 Å². The highest BCUT2D eigenvalue weighted by Crippen LogP contribution is 2.23. The molecule has 0 saturated heterocycles. The summed E-state index contributed by atoms with van der Waals surface area (Å²) in [5, 5.41) is 16.8. The number of nitrogens with one attached hydrogen (secondary N) is 1. The Morgan fingerprint density at radius 2 is 2.20 bits per heavy atom. The van der Waals surface area contributed by atoms with Gasteiger partial charge in [-0.25, -0.2) is 4.98 Å². The summed E-state index contributed by atoms with van der Waals surface area (Å²) in [4.78, 5) is 19.3. The summed E-state index contributed by atoms with van der Waals surface area (Å²) in [5.41, 5.74) is 1.08. The number of carbonyl (C=O) groups is 1. The van der Waals surface area contributed by atoms with E-state index in [0.717, 1.165) is 0 Å². The van der Waals surface area contributed by atoms with E-state index in [0.29, 0.717) is 41.5 Å². The molecule has 0 spiro atoms. The zero-order chi connectivity index (χ0) is 14.7. The first-order chi connectivity index (χ1) is 9.49. The fourth-order valence-corrected chi connectivity index (χ4v) is 2.12. The van der Waals surface area contributed by atoms with Crippen molar-refractivity contribution in [1.29, 1.82) is 0 Å². The Balaban J connectivity index is 2.15. The van der Waals surface area contributed by atoms with Crippen LogP contribution in [0.4, 0.5) is 5.82 Å². The third-order valence-electron chi connectivity index (χ3n) is 3.06. The predicted molar refractivity (Wildman–Crippen MR) is 73.4 cm³/mol. The molecule has 7 nitrogen and oxygen atoms in total. The van der Waals surface area contributed by atoms with Crippen LogP contribution in [0.25, 0.3) is 11.1 Å². The monoisotopic (exact) mass is 278 g/mol. The maximum Gasteiger partial charge on any atom is 0.308 e. The molecule has 0 fully saturated rings. The van der Waals surface area contributed by atoms with Crippen LogP contribution in [0.15, 0.2) is 10.9 Å². The van der Waals surface area contributed by atoms with Crippen molar-refractivity contribution in [2.75, 3.05) is 11.9 Å². The fraction of sp³-hybridized carbons (Fsp3) is 0.538. The molecular formula is C13H18N4O3. The number of aliphatic carboxylic acids is 1. The van der Waals surface area contributed by atoms with Gasteiger partial charge in [0.25, 0.3) is 5.71 Å². The van der Waals surface area contributed by atoms with Gasteiger partial charge in [0.1, 0.15) is 17.5 Å². The number of aromatic nitrogens is 3. The third-order valence-corrected chi connectivity index (χ3v) is 3.06. The molecule has 1 unspecified atom stereocenters. The molecule has 2 aromatic heterocycles. The van der Waals surface area contributed by atoms with Crippen LogP contribution in [0.2, 0.25) is 0 Å². The molecule has 0 bridgehead atoms. The molecule has 0 radical (unpaired) electrons. The van der Waals surface area contributed by atoms with E-state index >= 15 is 0 Å². The number of fused-ring (bicyclic) bond motifs is 1. The van der Waals surface area contributed by atoms with Gasteiger partial charge in [0.2, 0.25) is 0 Å². The summed E-state index contributed by atoms with van der Waals surface area (Å²) in [5.74, 6) is -0.386. The molecule has 7 heteroatoms. The number of aryl methyl sites for hydroxylation is 1. The van der Waals surface area contributed by atoms with Crippen LogP contribution in [-0.4, -0.2) is 32.7 Å². The second-order valence-electron chi connectivity index (χ2n) is 5.22. The molecule has 2 aromatic rings. The van der Waals surface area contributed by atoms with Crippen LogP contribution in [0, 0.1) is 18.8 Å². The number of rotatable bonds is 6. The van der Waals surface area contributed by atoms with Crippen LogP contribution >= 0.6 is 0 Å². The molecule has 0 aromatic carbocycles. The Morgan fingerprint density at radius 1 is 1.45 bits per heavy atom. The molecule has 0 aliphatic heterocycles. The van der Waals surface area contributed by atoms with E-state index < -0.39 is 11.9 Å². The van der Waals surface area contributed by atoms with E-state index in [1.807, 2.05) is 13.8 Å². The summed E-state index contributed by atoms with van der Waals surface area (Å²) in [7, 11) is 0. The van der Waals surface area contributed by atoms with Crippen molar-refractivity contribution in [3.63, 3.8) is 0 Å². The Labute approximate surface area is 116 Å². The quantitative estimate of drug-likeness (QED) is 0.834. The standard InChI is InChI=1S/C13H18N4O3/c1-7(2)4-9(13(18)19)5-14-11-10-8(3)17-20-12(10)16-6-15-11/h6-7,9H,4-5H2,1-3H3,(H,18,19)(H,14,15,16). The first-order valence-corrected chi connectivity index (χ1v) is 6.52. The molecule has 2 heterocycles. The minimum absolute atomic E-state index is 0.310. The van der Waals surface area contributed by atoms with Gasteiger partial charge < -0.3 is 14.9 Å². The van der Waals surface area contributed by atoms with Gasteiger partial charge in [-0.05, 0) is 19.3 Å². The zero-order valence-corrected chi connectivity index (χ0v) is 11.8. The lowest BCUT2D eigenvalue weighted by Gasteiger charge is -2.15. The van der Waals surface area contributed by atoms with Crippen LogP contribution in [0.3, 0.4) is 0 Å². The van der Waals surface area contributed by atoms with Crippen molar-refractivity contribution in [1.82, 2.24) is 15.1 Å². The van der Waals surface area contributed by atoms with Crippen molar-refractivity contribution in [2.45, 2.75) is 27.2 Å². The van der Waals surface area contributed by atoms with E-state index in [4.69, 9.17) is 4.52 Å². The normalized spacial score (nSPS) is 12.8. The van der Waals surface area contributed by atoms with Gasteiger partial charge in [-0.1, -0.05) is 19.0 Å². The van der Waals surface area contributed by atoms with E-state index in [1.165, 1.54) is 6.33 Å². The maximum atomic E-state index is 11.2. The number of carboxylic acid groups (broad SMARTS) is 1. The highest BCUT2D eigenvalue weighted by molar-refractivity contribution is 5.87. The van der Waals surface area contributed by atoms with Gasteiger partial charge in [-0.2, -0.15) is 4.98 Å². The van der Waals surface area contributed by atoms with Gasteiger partial charge in [0, 0.05) is 6.54 Å². The second kappa shape index (κ2) is 5.85.